The molecular weight excluding hydrogens is 393 g/mol. The van der Waals surface area contributed by atoms with Crippen molar-refractivity contribution < 1.29 is 13.9 Å². The highest BCUT2D eigenvalue weighted by Gasteiger charge is 2.11. The van der Waals surface area contributed by atoms with Gasteiger partial charge in [-0.15, -0.1) is 10.2 Å². The molecule has 0 fully saturated rings. The Kier molecular flexibility index (Phi) is 5.39. The SMILES string of the molecule is COc1ccc(-c2nnc3ccc(SCC(=O)Nc4ccc(F)cc4)nn23)cc1. The Morgan fingerprint density at radius 1 is 1.07 bits per heavy atom. The number of anilines is 1. The van der Waals surface area contributed by atoms with Crippen molar-refractivity contribution in [3.05, 3.63) is 66.5 Å². The number of hydrogen-bond donors (Lipinski definition) is 1. The standard InChI is InChI=1S/C20H16FN5O2S/c1-28-16-8-2-13(3-9-16)20-24-23-17-10-11-19(25-26(17)20)29-12-18(27)22-15-6-4-14(21)5-7-15/h2-11H,12H2,1H3,(H,22,27). The van der Waals surface area contributed by atoms with Crippen molar-refractivity contribution in [1.29, 1.82) is 0 Å². The highest BCUT2D eigenvalue weighted by Crippen LogP contribution is 2.23. The molecule has 4 aromatic rings. The van der Waals surface area contributed by atoms with E-state index in [1.165, 1.54) is 36.0 Å². The van der Waals surface area contributed by atoms with E-state index in [9.17, 15) is 9.18 Å². The monoisotopic (exact) mass is 409 g/mol. The smallest absolute Gasteiger partial charge is 0.234 e. The van der Waals surface area contributed by atoms with Crippen LogP contribution in [0.3, 0.4) is 0 Å². The third-order valence-electron chi connectivity index (χ3n) is 4.07. The molecule has 0 atom stereocenters. The highest BCUT2D eigenvalue weighted by atomic mass is 32.2. The Morgan fingerprint density at radius 3 is 2.55 bits per heavy atom. The number of amides is 1. The summed E-state index contributed by atoms with van der Waals surface area (Å²) in [5.41, 5.74) is 2.00. The Labute approximate surface area is 169 Å². The number of thioether (sulfide) groups is 1. The van der Waals surface area contributed by atoms with Crippen molar-refractivity contribution in [3.8, 4) is 17.1 Å². The summed E-state index contributed by atoms with van der Waals surface area (Å²) in [4.78, 5) is 12.1. The fraction of sp³-hybridized carbons (Fsp3) is 0.100. The third kappa shape index (κ3) is 4.35. The van der Waals surface area contributed by atoms with Crippen LogP contribution >= 0.6 is 11.8 Å². The molecule has 0 aliphatic rings. The maximum absolute atomic E-state index is 12.9. The van der Waals surface area contributed by atoms with Crippen LogP contribution in [0, 0.1) is 5.82 Å². The number of carbonyl (C=O) groups excluding carboxylic acids is 1. The van der Waals surface area contributed by atoms with Gasteiger partial charge >= 0.3 is 0 Å². The first-order valence-corrected chi connectivity index (χ1v) is 9.66. The molecule has 29 heavy (non-hydrogen) atoms. The molecule has 2 aromatic heterocycles. The summed E-state index contributed by atoms with van der Waals surface area (Å²) < 4.78 is 19.8. The minimum Gasteiger partial charge on any atom is -0.497 e. The van der Waals surface area contributed by atoms with Crippen molar-refractivity contribution in [1.82, 2.24) is 19.8 Å². The molecule has 1 amide bonds. The van der Waals surface area contributed by atoms with Crippen molar-refractivity contribution in [2.75, 3.05) is 18.2 Å². The Morgan fingerprint density at radius 2 is 1.83 bits per heavy atom. The Hall–Kier alpha value is -3.46. The second-order valence-corrected chi connectivity index (χ2v) is 7.03. The molecular formula is C20H16FN5O2S. The average Bonchev–Trinajstić information content (AvgIpc) is 3.17. The van der Waals surface area contributed by atoms with Crippen LogP contribution in [0.25, 0.3) is 17.0 Å². The van der Waals surface area contributed by atoms with Crippen LogP contribution < -0.4 is 10.1 Å². The zero-order valence-corrected chi connectivity index (χ0v) is 16.2. The maximum Gasteiger partial charge on any atom is 0.234 e. The van der Waals surface area contributed by atoms with E-state index < -0.39 is 0 Å². The van der Waals surface area contributed by atoms with E-state index in [0.717, 1.165) is 11.3 Å². The van der Waals surface area contributed by atoms with E-state index in [-0.39, 0.29) is 17.5 Å². The van der Waals surface area contributed by atoms with Crippen LogP contribution in [0.1, 0.15) is 0 Å². The topological polar surface area (TPSA) is 81.4 Å². The predicted octanol–water partition coefficient (Wildman–Crippen LogP) is 3.67. The number of benzene rings is 2. The summed E-state index contributed by atoms with van der Waals surface area (Å²) in [7, 11) is 1.61. The first-order valence-electron chi connectivity index (χ1n) is 8.67. The number of halogens is 1. The molecule has 146 valence electrons. The molecule has 2 aromatic carbocycles. The second kappa shape index (κ2) is 8.27. The molecule has 0 aliphatic carbocycles. The number of hydrogen-bond acceptors (Lipinski definition) is 6. The fourth-order valence-corrected chi connectivity index (χ4v) is 3.29. The third-order valence-corrected chi connectivity index (χ3v) is 4.99. The number of methoxy groups -OCH3 is 1. The number of nitrogens with zero attached hydrogens (tertiary/aromatic N) is 4. The van der Waals surface area contributed by atoms with Gasteiger partial charge in [-0.1, -0.05) is 11.8 Å². The number of ether oxygens (including phenoxy) is 1. The van der Waals surface area contributed by atoms with Gasteiger partial charge in [0, 0.05) is 11.3 Å². The van der Waals surface area contributed by atoms with Crippen molar-refractivity contribution in [3.63, 3.8) is 0 Å². The number of aromatic nitrogens is 4. The zero-order valence-electron chi connectivity index (χ0n) is 15.4. The lowest BCUT2D eigenvalue weighted by molar-refractivity contribution is -0.113. The first kappa shape index (κ1) is 18.9. The van der Waals surface area contributed by atoms with Gasteiger partial charge in [0.15, 0.2) is 11.5 Å². The van der Waals surface area contributed by atoms with E-state index >= 15 is 0 Å². The molecule has 0 saturated heterocycles. The predicted molar refractivity (Wildman–Crippen MR) is 109 cm³/mol. The number of nitrogens with one attached hydrogen (secondary N) is 1. The van der Waals surface area contributed by atoms with Crippen molar-refractivity contribution >= 4 is 29.0 Å². The van der Waals surface area contributed by atoms with E-state index in [4.69, 9.17) is 4.74 Å². The van der Waals surface area contributed by atoms with Gasteiger partial charge in [0.25, 0.3) is 0 Å². The van der Waals surface area contributed by atoms with E-state index in [2.05, 4.69) is 20.6 Å². The molecule has 0 aliphatic heterocycles. The second-order valence-electron chi connectivity index (χ2n) is 6.04. The van der Waals surface area contributed by atoms with Crippen LogP contribution in [-0.4, -0.2) is 38.6 Å². The van der Waals surface area contributed by atoms with E-state index in [1.807, 2.05) is 24.3 Å². The fourth-order valence-electron chi connectivity index (χ4n) is 2.64. The Balaban J connectivity index is 1.48. The van der Waals surface area contributed by atoms with Gasteiger partial charge in [0.05, 0.1) is 12.9 Å². The van der Waals surface area contributed by atoms with Gasteiger partial charge < -0.3 is 10.1 Å². The summed E-state index contributed by atoms with van der Waals surface area (Å²) in [6.07, 6.45) is 0. The minimum atomic E-state index is -0.350. The van der Waals surface area contributed by atoms with Gasteiger partial charge in [-0.2, -0.15) is 9.61 Å². The molecule has 0 saturated carbocycles. The van der Waals surface area contributed by atoms with Crippen LogP contribution in [0.15, 0.2) is 65.7 Å². The van der Waals surface area contributed by atoms with Crippen LogP contribution in [0.2, 0.25) is 0 Å². The van der Waals surface area contributed by atoms with Crippen LogP contribution in [0.5, 0.6) is 5.75 Å². The zero-order chi connectivity index (χ0) is 20.2. The molecule has 2 heterocycles. The quantitative estimate of drug-likeness (QED) is 0.490. The summed E-state index contributed by atoms with van der Waals surface area (Å²) >= 11 is 1.29. The molecule has 7 nitrogen and oxygen atoms in total. The number of carbonyl (C=O) groups is 1. The van der Waals surface area contributed by atoms with Crippen LogP contribution in [0.4, 0.5) is 10.1 Å². The first-order chi connectivity index (χ1) is 14.1. The molecule has 9 heteroatoms. The lowest BCUT2D eigenvalue weighted by Gasteiger charge is -2.06. The molecule has 0 spiro atoms. The summed E-state index contributed by atoms with van der Waals surface area (Å²) in [5.74, 6) is 0.953. The van der Waals surface area contributed by atoms with Gasteiger partial charge in [-0.3, -0.25) is 4.79 Å². The molecule has 4 rings (SSSR count). The van der Waals surface area contributed by atoms with Gasteiger partial charge in [0.1, 0.15) is 16.6 Å². The molecule has 1 N–H and O–H groups in total. The number of rotatable bonds is 6. The Bertz CT molecular complexity index is 1150. The minimum absolute atomic E-state index is 0.163. The average molecular weight is 409 g/mol. The molecule has 0 bridgehead atoms. The lowest BCUT2D eigenvalue weighted by Crippen LogP contribution is -2.14. The molecule has 0 unspecified atom stereocenters. The van der Waals surface area contributed by atoms with E-state index in [1.54, 1.807) is 23.8 Å². The summed E-state index contributed by atoms with van der Waals surface area (Å²) in [6.45, 7) is 0. The van der Waals surface area contributed by atoms with Gasteiger partial charge in [-0.25, -0.2) is 4.39 Å². The van der Waals surface area contributed by atoms with Crippen molar-refractivity contribution in [2.24, 2.45) is 0 Å². The lowest BCUT2D eigenvalue weighted by atomic mass is 10.2. The number of fused-ring (bicyclic) bond motifs is 1. The maximum atomic E-state index is 12.9. The normalized spacial score (nSPS) is 10.8. The highest BCUT2D eigenvalue weighted by molar-refractivity contribution is 7.99. The van der Waals surface area contributed by atoms with Gasteiger partial charge in [-0.05, 0) is 60.7 Å². The van der Waals surface area contributed by atoms with Crippen LogP contribution in [-0.2, 0) is 4.79 Å². The largest absolute Gasteiger partial charge is 0.497 e. The van der Waals surface area contributed by atoms with E-state index in [0.29, 0.717) is 22.2 Å². The van der Waals surface area contributed by atoms with Crippen molar-refractivity contribution in [2.45, 2.75) is 5.03 Å². The summed E-state index contributed by atoms with van der Waals surface area (Å²) in [5, 5.41) is 16.3. The summed E-state index contributed by atoms with van der Waals surface area (Å²) in [6, 6.07) is 16.7. The molecule has 0 radical (unpaired) electrons. The van der Waals surface area contributed by atoms with Gasteiger partial charge in [0.2, 0.25) is 5.91 Å².